The molecular formula is C53H36N2. The molecule has 2 heterocycles. The molecule has 1 aliphatic carbocycles. The maximum Gasteiger partial charge on any atom is 0.0544 e. The van der Waals surface area contributed by atoms with Crippen molar-refractivity contribution in [2.45, 2.75) is 19.3 Å². The van der Waals surface area contributed by atoms with Crippen molar-refractivity contribution in [1.82, 2.24) is 9.13 Å². The molecule has 2 aromatic heterocycles. The lowest BCUT2D eigenvalue weighted by Crippen LogP contribution is -2.16. The van der Waals surface area contributed by atoms with Gasteiger partial charge in [0.2, 0.25) is 0 Å². The van der Waals surface area contributed by atoms with Gasteiger partial charge in [-0.15, -0.1) is 0 Å². The normalized spacial score (nSPS) is 13.4. The van der Waals surface area contributed by atoms with Crippen molar-refractivity contribution in [3.8, 4) is 33.6 Å². The number of nitrogens with zero attached hydrogens (tertiary/aromatic N) is 2. The third kappa shape index (κ3) is 4.14. The van der Waals surface area contributed by atoms with Crippen molar-refractivity contribution >= 4 is 65.2 Å². The summed E-state index contributed by atoms with van der Waals surface area (Å²) in [5, 5.41) is 10.3. The molecule has 258 valence electrons. The minimum Gasteiger partial charge on any atom is -0.309 e. The van der Waals surface area contributed by atoms with E-state index in [0.29, 0.717) is 0 Å². The molecule has 2 heteroatoms. The second-order valence-corrected chi connectivity index (χ2v) is 15.7. The van der Waals surface area contributed by atoms with Crippen molar-refractivity contribution in [1.29, 1.82) is 0 Å². The molecule has 0 unspecified atom stereocenters. The lowest BCUT2D eigenvalue weighted by atomic mass is 9.80. The van der Waals surface area contributed by atoms with Crippen LogP contribution >= 0.6 is 0 Å². The molecule has 0 radical (unpaired) electrons. The summed E-state index contributed by atoms with van der Waals surface area (Å²) >= 11 is 0. The zero-order valence-electron chi connectivity index (χ0n) is 30.7. The van der Waals surface area contributed by atoms with E-state index in [1.807, 2.05) is 0 Å². The Morgan fingerprint density at radius 2 is 0.909 bits per heavy atom. The van der Waals surface area contributed by atoms with Gasteiger partial charge in [-0.1, -0.05) is 141 Å². The van der Waals surface area contributed by atoms with Crippen LogP contribution in [0, 0.1) is 0 Å². The van der Waals surface area contributed by atoms with Crippen LogP contribution in [0.5, 0.6) is 0 Å². The standard InChI is InChI=1S/C53H36N2/c1-53(2)45-32-50(38-18-8-9-21-41(38)51(45)42-27-24-33-14-6-7-17-37(33)52(42)53)55-47-23-13-11-20-40(47)44-31-35(26-29-49(44)55)34-25-28-48-43(30-34)39-19-10-12-22-46(39)54(48)36-15-4-3-5-16-36/h3-32H,1-2H3. The summed E-state index contributed by atoms with van der Waals surface area (Å²) < 4.78 is 4.90. The molecule has 0 aliphatic heterocycles. The summed E-state index contributed by atoms with van der Waals surface area (Å²) in [6.45, 7) is 4.82. The van der Waals surface area contributed by atoms with E-state index >= 15 is 0 Å². The monoisotopic (exact) mass is 700 g/mol. The van der Waals surface area contributed by atoms with Gasteiger partial charge in [-0.2, -0.15) is 0 Å². The number of fused-ring (bicyclic) bond motifs is 13. The molecule has 0 saturated heterocycles. The van der Waals surface area contributed by atoms with Crippen LogP contribution in [-0.2, 0) is 5.41 Å². The SMILES string of the molecule is CC1(C)c2cc(-n3c4ccccc4c4cc(-c5ccc6c(c5)c5ccccc5n6-c5ccccc5)ccc43)c3ccccc3c2-c2ccc3ccccc3c21. The Hall–Kier alpha value is -6.90. The summed E-state index contributed by atoms with van der Waals surface area (Å²) in [6.07, 6.45) is 0. The van der Waals surface area contributed by atoms with E-state index < -0.39 is 0 Å². The second kappa shape index (κ2) is 11.1. The van der Waals surface area contributed by atoms with Gasteiger partial charge < -0.3 is 9.13 Å². The van der Waals surface area contributed by atoms with Gasteiger partial charge in [-0.05, 0) is 104 Å². The first-order valence-corrected chi connectivity index (χ1v) is 19.3. The molecule has 0 fully saturated rings. The summed E-state index contributed by atoms with van der Waals surface area (Å²) in [4.78, 5) is 0. The highest BCUT2D eigenvalue weighted by Gasteiger charge is 2.39. The van der Waals surface area contributed by atoms with Crippen molar-refractivity contribution in [3.63, 3.8) is 0 Å². The fraction of sp³-hybridized carbons (Fsp3) is 0.0566. The number of hydrogen-bond acceptors (Lipinski definition) is 0. The summed E-state index contributed by atoms with van der Waals surface area (Å²) in [6, 6.07) is 67.5. The average molecular weight is 701 g/mol. The number of para-hydroxylation sites is 3. The van der Waals surface area contributed by atoms with Crippen LogP contribution in [0.15, 0.2) is 182 Å². The van der Waals surface area contributed by atoms with Gasteiger partial charge in [0.25, 0.3) is 0 Å². The molecule has 1 aliphatic rings. The first-order valence-electron chi connectivity index (χ1n) is 19.3. The molecule has 0 atom stereocenters. The Morgan fingerprint density at radius 3 is 1.60 bits per heavy atom. The third-order valence-electron chi connectivity index (χ3n) is 12.5. The Kier molecular flexibility index (Phi) is 6.15. The minimum atomic E-state index is -0.168. The highest BCUT2D eigenvalue weighted by molar-refractivity contribution is 6.15. The second-order valence-electron chi connectivity index (χ2n) is 15.7. The quantitative estimate of drug-likeness (QED) is 0.174. The Labute approximate surface area is 319 Å². The molecule has 0 bridgehead atoms. The van der Waals surface area contributed by atoms with Crippen LogP contribution in [0.1, 0.15) is 25.0 Å². The molecule has 0 spiro atoms. The molecule has 55 heavy (non-hydrogen) atoms. The first kappa shape index (κ1) is 30.6. The Bertz CT molecular complexity index is 3390. The topological polar surface area (TPSA) is 9.86 Å². The number of benzene rings is 9. The molecular weight excluding hydrogens is 665 g/mol. The fourth-order valence-corrected chi connectivity index (χ4v) is 10.0. The van der Waals surface area contributed by atoms with Crippen molar-refractivity contribution in [3.05, 3.63) is 193 Å². The summed E-state index contributed by atoms with van der Waals surface area (Å²) in [5.41, 5.74) is 15.1. The number of aromatic nitrogens is 2. The van der Waals surface area contributed by atoms with Crippen LogP contribution < -0.4 is 0 Å². The number of hydrogen-bond donors (Lipinski definition) is 0. The van der Waals surface area contributed by atoms with Crippen molar-refractivity contribution < 1.29 is 0 Å². The molecule has 11 aromatic rings. The third-order valence-corrected chi connectivity index (χ3v) is 12.5. The Morgan fingerprint density at radius 1 is 0.382 bits per heavy atom. The van der Waals surface area contributed by atoms with Crippen LogP contribution in [0.3, 0.4) is 0 Å². The zero-order chi connectivity index (χ0) is 36.4. The predicted molar refractivity (Wildman–Crippen MR) is 233 cm³/mol. The van der Waals surface area contributed by atoms with Crippen molar-refractivity contribution in [2.24, 2.45) is 0 Å². The molecule has 12 rings (SSSR count). The van der Waals surface area contributed by atoms with Crippen LogP contribution in [0.25, 0.3) is 98.8 Å². The van der Waals surface area contributed by atoms with Gasteiger partial charge in [-0.25, -0.2) is 0 Å². The summed E-state index contributed by atoms with van der Waals surface area (Å²) in [7, 11) is 0. The van der Waals surface area contributed by atoms with Gasteiger partial charge >= 0.3 is 0 Å². The number of rotatable bonds is 3. The zero-order valence-corrected chi connectivity index (χ0v) is 30.7. The largest absolute Gasteiger partial charge is 0.309 e. The lowest BCUT2D eigenvalue weighted by Gasteiger charge is -2.24. The van der Waals surface area contributed by atoms with Crippen LogP contribution in [-0.4, -0.2) is 9.13 Å². The van der Waals surface area contributed by atoms with E-state index in [0.717, 1.165) is 0 Å². The van der Waals surface area contributed by atoms with E-state index in [1.165, 1.54) is 110 Å². The van der Waals surface area contributed by atoms with Gasteiger partial charge in [0, 0.05) is 38.0 Å². The molecule has 0 saturated carbocycles. The van der Waals surface area contributed by atoms with Crippen LogP contribution in [0.4, 0.5) is 0 Å². The Balaban J connectivity index is 1.08. The first-order chi connectivity index (χ1) is 27.1. The maximum atomic E-state index is 2.52. The smallest absolute Gasteiger partial charge is 0.0544 e. The average Bonchev–Trinajstić information content (AvgIpc) is 3.83. The molecule has 2 nitrogen and oxygen atoms in total. The van der Waals surface area contributed by atoms with Gasteiger partial charge in [0.15, 0.2) is 0 Å². The minimum absolute atomic E-state index is 0.168. The molecule has 0 amide bonds. The highest BCUT2D eigenvalue weighted by Crippen LogP contribution is 2.55. The molecule has 0 N–H and O–H groups in total. The van der Waals surface area contributed by atoms with Gasteiger partial charge in [0.05, 0.1) is 27.8 Å². The van der Waals surface area contributed by atoms with E-state index in [4.69, 9.17) is 0 Å². The van der Waals surface area contributed by atoms with E-state index in [-0.39, 0.29) is 5.41 Å². The van der Waals surface area contributed by atoms with Crippen molar-refractivity contribution in [2.75, 3.05) is 0 Å². The molecule has 9 aromatic carbocycles. The van der Waals surface area contributed by atoms with E-state index in [9.17, 15) is 0 Å². The maximum absolute atomic E-state index is 2.52. The van der Waals surface area contributed by atoms with Gasteiger partial charge in [-0.3, -0.25) is 0 Å². The highest BCUT2D eigenvalue weighted by atomic mass is 15.0. The predicted octanol–water partition coefficient (Wildman–Crippen LogP) is 14.2. The van der Waals surface area contributed by atoms with Crippen LogP contribution in [0.2, 0.25) is 0 Å². The lowest BCUT2D eigenvalue weighted by molar-refractivity contribution is 0.666. The van der Waals surface area contributed by atoms with E-state index in [1.54, 1.807) is 0 Å². The fourth-order valence-electron chi connectivity index (χ4n) is 10.0. The van der Waals surface area contributed by atoms with E-state index in [2.05, 4.69) is 205 Å². The van der Waals surface area contributed by atoms with Gasteiger partial charge in [0.1, 0.15) is 0 Å². The summed E-state index contributed by atoms with van der Waals surface area (Å²) in [5.74, 6) is 0.